The van der Waals surface area contributed by atoms with Gasteiger partial charge >= 0.3 is 0 Å². The zero-order chi connectivity index (χ0) is 7.11. The molecule has 0 aliphatic carbocycles. The quantitative estimate of drug-likeness (QED) is 0.162. The third-order valence-electron chi connectivity index (χ3n) is 0.454. The molecule has 44 valence electrons. The van der Waals surface area contributed by atoms with Crippen LogP contribution < -0.4 is 0 Å². The van der Waals surface area contributed by atoms with Gasteiger partial charge in [0.05, 0.1) is 0 Å². The molecule has 0 saturated carbocycles. The lowest BCUT2D eigenvalue weighted by Crippen LogP contribution is -1.89. The van der Waals surface area contributed by atoms with Crippen molar-refractivity contribution in [3.8, 4) is 0 Å². The van der Waals surface area contributed by atoms with Crippen LogP contribution >= 0.6 is 0 Å². The summed E-state index contributed by atoms with van der Waals surface area (Å²) < 4.78 is 0. The zero-order valence-corrected chi connectivity index (χ0v) is 4.38. The molecule has 0 spiro atoms. The van der Waals surface area contributed by atoms with Gasteiger partial charge in [0.2, 0.25) is 5.78 Å². The summed E-state index contributed by atoms with van der Waals surface area (Å²) in [4.78, 5) is 28.9. The van der Waals surface area contributed by atoms with E-state index in [-0.39, 0.29) is 6.29 Å². The lowest BCUT2D eigenvalue weighted by molar-refractivity contribution is -0.126. The Morgan fingerprint density at radius 1 is 1.44 bits per heavy atom. The van der Waals surface area contributed by atoms with Gasteiger partial charge < -0.3 is 0 Å². The van der Waals surface area contributed by atoms with Crippen molar-refractivity contribution in [3.63, 3.8) is 0 Å². The molecule has 3 nitrogen and oxygen atoms in total. The molecule has 0 rings (SSSR count). The summed E-state index contributed by atoms with van der Waals surface area (Å²) in [5, 5.41) is 0. The molecule has 0 radical (unpaired) electrons. The van der Waals surface area contributed by atoms with Crippen molar-refractivity contribution in [2.45, 2.75) is 0 Å². The Balaban J connectivity index is 4.34. The molecule has 0 fully saturated rings. The van der Waals surface area contributed by atoms with Crippen molar-refractivity contribution in [3.05, 3.63) is 17.5 Å². The van der Waals surface area contributed by atoms with Crippen molar-refractivity contribution in [2.75, 3.05) is 0 Å². The van der Waals surface area contributed by atoms with Crippen LogP contribution in [0.3, 0.4) is 0 Å². The van der Waals surface area contributed by atoms with E-state index in [1.165, 1.54) is 5.94 Å². The molecule has 0 heterocycles. The zero-order valence-electron chi connectivity index (χ0n) is 4.38. The smallest absolute Gasteiger partial charge is 0.226 e. The third kappa shape index (κ3) is 4.20. The van der Waals surface area contributed by atoms with E-state index in [4.69, 9.17) is 0 Å². The Labute approximate surface area is 51.0 Å². The normalized spacial score (nSPS) is 5.78. The molecule has 3 heteroatoms. The second-order valence-corrected chi connectivity index (χ2v) is 1.04. The van der Waals surface area contributed by atoms with Gasteiger partial charge in [-0.2, -0.15) is 0 Å². The Bertz CT molecular complexity index is 233. The van der Waals surface area contributed by atoms with Crippen LogP contribution in [0.5, 0.6) is 0 Å². The SMILES string of the molecule is O=C=C=C=CC(=O)C=O. The maximum absolute atomic E-state index is 10.0. The van der Waals surface area contributed by atoms with Crippen LogP contribution in [0, 0.1) is 0 Å². The highest BCUT2D eigenvalue weighted by molar-refractivity contribution is 6.30. The first-order valence-electron chi connectivity index (χ1n) is 2.01. The average Bonchev–Trinajstić information content (AvgIpc) is 1.89. The highest BCUT2D eigenvalue weighted by atomic mass is 16.2. The van der Waals surface area contributed by atoms with Crippen molar-refractivity contribution in [2.24, 2.45) is 0 Å². The number of aldehydes is 1. The first-order valence-corrected chi connectivity index (χ1v) is 2.01. The molecule has 0 aliphatic heterocycles. The van der Waals surface area contributed by atoms with Crippen LogP contribution in [0.1, 0.15) is 0 Å². The minimum absolute atomic E-state index is 0.111. The third-order valence-corrected chi connectivity index (χ3v) is 0.454. The first-order chi connectivity index (χ1) is 4.31. The van der Waals surface area contributed by atoms with E-state index in [2.05, 4.69) is 0 Å². The molecule has 0 N–H and O–H groups in total. The van der Waals surface area contributed by atoms with Gasteiger partial charge in [-0.3, -0.25) is 9.59 Å². The van der Waals surface area contributed by atoms with Gasteiger partial charge in [0.1, 0.15) is 0 Å². The van der Waals surface area contributed by atoms with E-state index in [0.29, 0.717) is 0 Å². The predicted octanol–water partition coefficient (Wildman–Crippen LogP) is -0.548. The van der Waals surface area contributed by atoms with Crippen LogP contribution in [-0.2, 0) is 14.4 Å². The Hall–Kier alpha value is -1.65. The number of hydrogen-bond acceptors (Lipinski definition) is 3. The molecule has 0 aliphatic rings. The lowest BCUT2D eigenvalue weighted by atomic mass is 10.4. The van der Waals surface area contributed by atoms with Crippen molar-refractivity contribution in [1.29, 1.82) is 0 Å². The van der Waals surface area contributed by atoms with Crippen LogP contribution in [0.2, 0.25) is 0 Å². The molecule has 0 atom stereocenters. The van der Waals surface area contributed by atoms with E-state index in [0.717, 1.165) is 6.08 Å². The van der Waals surface area contributed by atoms with Gasteiger partial charge in [0.25, 0.3) is 0 Å². The van der Waals surface area contributed by atoms with E-state index in [1.54, 1.807) is 0 Å². The summed E-state index contributed by atoms with van der Waals surface area (Å²) in [6.45, 7) is 0. The van der Waals surface area contributed by atoms with E-state index >= 15 is 0 Å². The molecule has 0 unspecified atom stereocenters. The van der Waals surface area contributed by atoms with Gasteiger partial charge in [0.15, 0.2) is 12.2 Å². The number of rotatable bonds is 2. The van der Waals surface area contributed by atoms with Crippen LogP contribution in [-0.4, -0.2) is 18.0 Å². The summed E-state index contributed by atoms with van der Waals surface area (Å²) in [6, 6.07) is 0. The number of hydrogen-bond donors (Lipinski definition) is 0. The number of ketones is 1. The molecule has 9 heavy (non-hydrogen) atoms. The second-order valence-electron chi connectivity index (χ2n) is 1.04. The van der Waals surface area contributed by atoms with Gasteiger partial charge in [0, 0.05) is 11.8 Å². The minimum atomic E-state index is -0.752. The molecular formula is C6H2O3. The second kappa shape index (κ2) is 4.51. The monoisotopic (exact) mass is 122 g/mol. The Morgan fingerprint density at radius 3 is 2.56 bits per heavy atom. The van der Waals surface area contributed by atoms with Gasteiger partial charge in [-0.1, -0.05) is 5.73 Å². The fraction of sp³-hybridized carbons (Fsp3) is 0. The molecular weight excluding hydrogens is 120 g/mol. The average molecular weight is 122 g/mol. The summed E-state index contributed by atoms with van der Waals surface area (Å²) in [6.07, 6.45) is 0.914. The molecule has 0 aromatic rings. The number of carbonyl (C=O) groups is 2. The maximum atomic E-state index is 10.0. The standard InChI is InChI=1S/C6H2O3/c7-4-2-1-3-6(9)5-8/h3,5H. The van der Waals surface area contributed by atoms with Gasteiger partial charge in [-0.15, -0.1) is 0 Å². The molecule has 0 bridgehead atoms. The molecule has 0 saturated heterocycles. The highest BCUT2D eigenvalue weighted by Crippen LogP contribution is 1.63. The summed E-state index contributed by atoms with van der Waals surface area (Å²) in [5.74, 6) is 0.485. The van der Waals surface area contributed by atoms with E-state index in [9.17, 15) is 14.4 Å². The van der Waals surface area contributed by atoms with E-state index < -0.39 is 5.78 Å². The molecule has 0 aromatic heterocycles. The lowest BCUT2D eigenvalue weighted by Gasteiger charge is -1.63. The largest absolute Gasteiger partial charge is 0.294 e. The minimum Gasteiger partial charge on any atom is -0.294 e. The van der Waals surface area contributed by atoms with Crippen molar-refractivity contribution in [1.82, 2.24) is 0 Å². The highest BCUT2D eigenvalue weighted by Gasteiger charge is 1.84. The molecule has 0 amide bonds. The maximum Gasteiger partial charge on any atom is 0.226 e. The fourth-order valence-electron chi connectivity index (χ4n) is 0.171. The van der Waals surface area contributed by atoms with Crippen molar-refractivity contribution >= 4 is 18.0 Å². The van der Waals surface area contributed by atoms with Gasteiger partial charge in [-0.25, -0.2) is 4.79 Å². The first kappa shape index (κ1) is 7.35. The molecule has 0 aromatic carbocycles. The Morgan fingerprint density at radius 2 is 2.11 bits per heavy atom. The number of carbonyl (C=O) groups excluding carboxylic acids is 3. The van der Waals surface area contributed by atoms with Crippen LogP contribution in [0.15, 0.2) is 17.5 Å². The van der Waals surface area contributed by atoms with E-state index in [1.807, 2.05) is 11.5 Å². The fourth-order valence-corrected chi connectivity index (χ4v) is 0.171. The number of allylic oxidation sites excluding steroid dienone is 1. The van der Waals surface area contributed by atoms with Gasteiger partial charge in [-0.05, 0) is 0 Å². The van der Waals surface area contributed by atoms with Crippen LogP contribution in [0.25, 0.3) is 0 Å². The van der Waals surface area contributed by atoms with Crippen molar-refractivity contribution < 1.29 is 14.4 Å². The predicted molar refractivity (Wildman–Crippen MR) is 28.4 cm³/mol. The summed E-state index contributed by atoms with van der Waals surface area (Å²) in [5.41, 5.74) is 3.83. The Kier molecular flexibility index (Phi) is 3.68. The van der Waals surface area contributed by atoms with Crippen LogP contribution in [0.4, 0.5) is 0 Å². The summed E-state index contributed by atoms with van der Waals surface area (Å²) >= 11 is 0. The topological polar surface area (TPSA) is 51.2 Å². The summed E-state index contributed by atoms with van der Waals surface area (Å²) in [7, 11) is 0.